The molecular formula is C17H24N2O2. The van der Waals surface area contributed by atoms with Crippen molar-refractivity contribution in [2.24, 2.45) is 0 Å². The van der Waals surface area contributed by atoms with Gasteiger partial charge in [-0.3, -0.25) is 0 Å². The SMILES string of the molecule is COc1ccc2c(CCN3CCCC3)cn(CCO)c2c1. The lowest BCUT2D eigenvalue weighted by molar-refractivity contribution is 0.278. The smallest absolute Gasteiger partial charge is 0.120 e. The number of benzene rings is 1. The fraction of sp³-hybridized carbons (Fsp3) is 0.529. The zero-order valence-corrected chi connectivity index (χ0v) is 12.7. The molecule has 3 rings (SSSR count). The van der Waals surface area contributed by atoms with E-state index in [1.165, 1.54) is 36.9 Å². The van der Waals surface area contributed by atoms with Gasteiger partial charge in [0.2, 0.25) is 0 Å². The molecule has 114 valence electrons. The standard InChI is InChI=1S/C17H24N2O2/c1-21-15-4-5-16-14(6-9-18-7-2-3-8-18)13-19(10-11-20)17(16)12-15/h4-5,12-13,20H,2-3,6-11H2,1H3. The van der Waals surface area contributed by atoms with Gasteiger partial charge in [-0.1, -0.05) is 0 Å². The average Bonchev–Trinajstić information content (AvgIpc) is 3.13. The van der Waals surface area contributed by atoms with E-state index in [9.17, 15) is 5.11 Å². The lowest BCUT2D eigenvalue weighted by Crippen LogP contribution is -2.21. The van der Waals surface area contributed by atoms with Gasteiger partial charge in [-0.2, -0.15) is 0 Å². The van der Waals surface area contributed by atoms with Gasteiger partial charge in [0.15, 0.2) is 0 Å². The first-order valence-corrected chi connectivity index (χ1v) is 7.81. The summed E-state index contributed by atoms with van der Waals surface area (Å²) in [5.74, 6) is 0.867. The molecule has 0 saturated carbocycles. The summed E-state index contributed by atoms with van der Waals surface area (Å²) in [6.45, 7) is 4.40. The normalized spacial score (nSPS) is 15.9. The van der Waals surface area contributed by atoms with Crippen molar-refractivity contribution in [2.45, 2.75) is 25.8 Å². The Morgan fingerprint density at radius 3 is 2.71 bits per heavy atom. The van der Waals surface area contributed by atoms with Crippen molar-refractivity contribution in [3.8, 4) is 5.75 Å². The van der Waals surface area contributed by atoms with Gasteiger partial charge in [0.1, 0.15) is 5.75 Å². The Hall–Kier alpha value is -1.52. The predicted octanol–water partition coefficient (Wildman–Crippen LogP) is 2.28. The highest BCUT2D eigenvalue weighted by molar-refractivity contribution is 5.85. The Morgan fingerprint density at radius 2 is 2.00 bits per heavy atom. The van der Waals surface area contributed by atoms with E-state index in [0.717, 1.165) is 24.2 Å². The number of ether oxygens (including phenoxy) is 1. The minimum absolute atomic E-state index is 0.159. The first kappa shape index (κ1) is 14.4. The van der Waals surface area contributed by atoms with Crippen LogP contribution < -0.4 is 4.74 Å². The summed E-state index contributed by atoms with van der Waals surface area (Å²) in [5.41, 5.74) is 2.52. The summed E-state index contributed by atoms with van der Waals surface area (Å²) in [4.78, 5) is 2.54. The molecule has 1 fully saturated rings. The Balaban J connectivity index is 1.86. The highest BCUT2D eigenvalue weighted by atomic mass is 16.5. The minimum atomic E-state index is 0.159. The molecule has 21 heavy (non-hydrogen) atoms. The van der Waals surface area contributed by atoms with Crippen molar-refractivity contribution < 1.29 is 9.84 Å². The number of likely N-dealkylation sites (tertiary alicyclic amines) is 1. The Morgan fingerprint density at radius 1 is 1.19 bits per heavy atom. The van der Waals surface area contributed by atoms with Crippen LogP contribution in [0.2, 0.25) is 0 Å². The second-order valence-corrected chi connectivity index (χ2v) is 5.75. The maximum Gasteiger partial charge on any atom is 0.120 e. The number of fused-ring (bicyclic) bond motifs is 1. The van der Waals surface area contributed by atoms with Crippen LogP contribution in [0.15, 0.2) is 24.4 Å². The summed E-state index contributed by atoms with van der Waals surface area (Å²) in [5, 5.41) is 10.5. The molecule has 0 spiro atoms. The van der Waals surface area contributed by atoms with Crippen molar-refractivity contribution in [1.82, 2.24) is 9.47 Å². The monoisotopic (exact) mass is 288 g/mol. The molecule has 0 unspecified atom stereocenters. The zero-order chi connectivity index (χ0) is 14.7. The molecule has 0 bridgehead atoms. The van der Waals surface area contributed by atoms with Gasteiger partial charge in [0, 0.05) is 30.7 Å². The maximum absolute atomic E-state index is 9.26. The molecule has 2 aromatic rings. The molecule has 1 aliphatic heterocycles. The largest absolute Gasteiger partial charge is 0.497 e. The Kier molecular flexibility index (Phi) is 4.46. The molecular weight excluding hydrogens is 264 g/mol. The molecule has 0 radical (unpaired) electrons. The number of hydrogen-bond donors (Lipinski definition) is 1. The van der Waals surface area contributed by atoms with E-state index in [-0.39, 0.29) is 6.61 Å². The quantitative estimate of drug-likeness (QED) is 0.886. The summed E-state index contributed by atoms with van der Waals surface area (Å²) < 4.78 is 7.46. The fourth-order valence-electron chi connectivity index (χ4n) is 3.25. The number of aliphatic hydroxyl groups excluding tert-OH is 1. The first-order chi connectivity index (χ1) is 10.3. The third-order valence-electron chi connectivity index (χ3n) is 4.41. The van der Waals surface area contributed by atoms with Crippen LogP contribution in [0.3, 0.4) is 0 Å². The van der Waals surface area contributed by atoms with Gasteiger partial charge in [-0.25, -0.2) is 0 Å². The van der Waals surface area contributed by atoms with Gasteiger partial charge in [-0.15, -0.1) is 0 Å². The molecule has 0 atom stereocenters. The lowest BCUT2D eigenvalue weighted by Gasteiger charge is -2.13. The van der Waals surface area contributed by atoms with E-state index in [4.69, 9.17) is 4.74 Å². The van der Waals surface area contributed by atoms with Crippen molar-refractivity contribution in [1.29, 1.82) is 0 Å². The van der Waals surface area contributed by atoms with E-state index < -0.39 is 0 Å². The van der Waals surface area contributed by atoms with E-state index in [0.29, 0.717) is 6.54 Å². The van der Waals surface area contributed by atoms with Gasteiger partial charge < -0.3 is 19.3 Å². The van der Waals surface area contributed by atoms with Crippen molar-refractivity contribution in [3.05, 3.63) is 30.0 Å². The number of nitrogens with zero attached hydrogens (tertiary/aromatic N) is 2. The molecule has 0 amide bonds. The highest BCUT2D eigenvalue weighted by Crippen LogP contribution is 2.26. The Bertz CT molecular complexity index is 600. The Labute approximate surface area is 125 Å². The molecule has 1 aromatic carbocycles. The summed E-state index contributed by atoms with van der Waals surface area (Å²) in [7, 11) is 1.69. The van der Waals surface area contributed by atoms with Crippen LogP contribution in [0, 0.1) is 0 Å². The lowest BCUT2D eigenvalue weighted by atomic mass is 10.1. The van der Waals surface area contributed by atoms with Gasteiger partial charge in [-0.05, 0) is 50.0 Å². The van der Waals surface area contributed by atoms with Crippen LogP contribution in [0.25, 0.3) is 10.9 Å². The third-order valence-corrected chi connectivity index (χ3v) is 4.41. The number of methoxy groups -OCH3 is 1. The molecule has 1 saturated heterocycles. The van der Waals surface area contributed by atoms with Gasteiger partial charge in [0.05, 0.1) is 19.2 Å². The number of hydrogen-bond acceptors (Lipinski definition) is 3. The number of aliphatic hydroxyl groups is 1. The van der Waals surface area contributed by atoms with E-state index in [2.05, 4.69) is 27.8 Å². The summed E-state index contributed by atoms with van der Waals surface area (Å²) >= 11 is 0. The number of aromatic nitrogens is 1. The minimum Gasteiger partial charge on any atom is -0.497 e. The molecule has 1 aromatic heterocycles. The molecule has 1 N–H and O–H groups in total. The molecule has 1 aliphatic rings. The molecule has 4 nitrogen and oxygen atoms in total. The van der Waals surface area contributed by atoms with E-state index in [1.807, 2.05) is 6.07 Å². The van der Waals surface area contributed by atoms with Crippen LogP contribution in [0.1, 0.15) is 18.4 Å². The van der Waals surface area contributed by atoms with Crippen molar-refractivity contribution in [2.75, 3.05) is 33.4 Å². The maximum atomic E-state index is 9.26. The van der Waals surface area contributed by atoms with Gasteiger partial charge in [0.25, 0.3) is 0 Å². The zero-order valence-electron chi connectivity index (χ0n) is 12.7. The highest BCUT2D eigenvalue weighted by Gasteiger charge is 2.14. The number of rotatable bonds is 6. The van der Waals surface area contributed by atoms with Gasteiger partial charge >= 0.3 is 0 Å². The van der Waals surface area contributed by atoms with Crippen LogP contribution >= 0.6 is 0 Å². The predicted molar refractivity (Wildman–Crippen MR) is 85.0 cm³/mol. The average molecular weight is 288 g/mol. The molecule has 4 heteroatoms. The molecule has 2 heterocycles. The third kappa shape index (κ3) is 3.06. The second kappa shape index (κ2) is 6.50. The van der Waals surface area contributed by atoms with E-state index in [1.54, 1.807) is 7.11 Å². The van der Waals surface area contributed by atoms with Crippen molar-refractivity contribution in [3.63, 3.8) is 0 Å². The molecule has 0 aliphatic carbocycles. The van der Waals surface area contributed by atoms with Crippen LogP contribution in [0.4, 0.5) is 0 Å². The van der Waals surface area contributed by atoms with Crippen LogP contribution in [-0.4, -0.2) is 47.9 Å². The fourth-order valence-corrected chi connectivity index (χ4v) is 3.25. The van der Waals surface area contributed by atoms with Crippen LogP contribution in [-0.2, 0) is 13.0 Å². The first-order valence-electron chi connectivity index (χ1n) is 7.81. The second-order valence-electron chi connectivity index (χ2n) is 5.75. The summed E-state index contributed by atoms with van der Waals surface area (Å²) in [6.07, 6.45) is 5.94. The van der Waals surface area contributed by atoms with Crippen LogP contribution in [0.5, 0.6) is 5.75 Å². The van der Waals surface area contributed by atoms with E-state index >= 15 is 0 Å². The summed E-state index contributed by atoms with van der Waals surface area (Å²) in [6, 6.07) is 6.22. The van der Waals surface area contributed by atoms with Crippen molar-refractivity contribution >= 4 is 10.9 Å². The topological polar surface area (TPSA) is 37.6 Å².